The molecule has 4 heteroatoms. The van der Waals surface area contributed by atoms with Crippen LogP contribution in [0.5, 0.6) is 5.75 Å². The van der Waals surface area contributed by atoms with Crippen LogP contribution in [0.15, 0.2) is 24.5 Å². The summed E-state index contributed by atoms with van der Waals surface area (Å²) in [6.45, 7) is 1.07. The summed E-state index contributed by atoms with van der Waals surface area (Å²) in [7, 11) is 0. The lowest BCUT2D eigenvalue weighted by Crippen LogP contribution is -2.12. The molecule has 1 aliphatic rings. The van der Waals surface area contributed by atoms with Crippen LogP contribution in [0.3, 0.4) is 0 Å². The Morgan fingerprint density at radius 1 is 1.40 bits per heavy atom. The summed E-state index contributed by atoms with van der Waals surface area (Å²) in [5, 5.41) is 12.8. The topological polar surface area (TPSA) is 49.6 Å². The lowest BCUT2D eigenvalue weighted by molar-refractivity contribution is 0.472. The Morgan fingerprint density at radius 2 is 2.33 bits per heavy atom. The highest BCUT2D eigenvalue weighted by Crippen LogP contribution is 2.23. The van der Waals surface area contributed by atoms with Crippen LogP contribution in [-0.4, -0.2) is 21.0 Å². The van der Waals surface area contributed by atoms with Gasteiger partial charge in [0.05, 0.1) is 17.9 Å². The van der Waals surface area contributed by atoms with Crippen molar-refractivity contribution in [3.8, 4) is 5.75 Å². The second-order valence-electron chi connectivity index (χ2n) is 3.97. The zero-order chi connectivity index (χ0) is 10.3. The molecule has 0 radical (unpaired) electrons. The molecule has 3 heterocycles. The van der Waals surface area contributed by atoms with Gasteiger partial charge in [0.2, 0.25) is 0 Å². The number of pyridine rings is 1. The number of aromatic hydroxyl groups is 1. The van der Waals surface area contributed by atoms with Gasteiger partial charge in [-0.05, 0) is 31.5 Å². The maximum Gasteiger partial charge on any atom is 0.137 e. The summed E-state index contributed by atoms with van der Waals surface area (Å²) in [5.41, 5.74) is 1.95. The van der Waals surface area contributed by atoms with Crippen LogP contribution in [-0.2, 0) is 0 Å². The molecule has 0 aromatic carbocycles. The Balaban J connectivity index is 2.05. The van der Waals surface area contributed by atoms with E-state index in [4.69, 9.17) is 0 Å². The fraction of sp³-hybridized carbons (Fsp3) is 0.364. The maximum absolute atomic E-state index is 9.34. The fourth-order valence-electron chi connectivity index (χ4n) is 2.10. The van der Waals surface area contributed by atoms with Crippen LogP contribution >= 0.6 is 0 Å². The van der Waals surface area contributed by atoms with Crippen molar-refractivity contribution >= 4 is 5.65 Å². The van der Waals surface area contributed by atoms with Gasteiger partial charge in [-0.3, -0.25) is 0 Å². The molecule has 1 aliphatic heterocycles. The van der Waals surface area contributed by atoms with E-state index in [9.17, 15) is 5.11 Å². The standard InChI is InChI=1S/C11H13N3O/c15-8-3-4-11-13-10(7-14(11)6-8)9-2-1-5-12-9/h3-4,6-7,9,12,15H,1-2,5H2. The van der Waals surface area contributed by atoms with Crippen molar-refractivity contribution in [1.82, 2.24) is 14.7 Å². The van der Waals surface area contributed by atoms with Crippen LogP contribution in [0, 0.1) is 0 Å². The zero-order valence-electron chi connectivity index (χ0n) is 8.35. The predicted octanol–water partition coefficient (Wildman–Crippen LogP) is 1.46. The number of rotatable bonds is 1. The highest BCUT2D eigenvalue weighted by molar-refractivity contribution is 5.43. The molecule has 0 bridgehead atoms. The Bertz CT molecular complexity index is 486. The van der Waals surface area contributed by atoms with Crippen LogP contribution in [0.25, 0.3) is 5.65 Å². The Kier molecular flexibility index (Phi) is 1.89. The van der Waals surface area contributed by atoms with E-state index in [1.807, 2.05) is 16.7 Å². The van der Waals surface area contributed by atoms with Gasteiger partial charge in [-0.2, -0.15) is 0 Å². The van der Waals surface area contributed by atoms with Crippen molar-refractivity contribution < 1.29 is 5.11 Å². The highest BCUT2D eigenvalue weighted by atomic mass is 16.3. The largest absolute Gasteiger partial charge is 0.506 e. The van der Waals surface area contributed by atoms with Gasteiger partial charge in [0.1, 0.15) is 11.4 Å². The zero-order valence-corrected chi connectivity index (χ0v) is 8.35. The van der Waals surface area contributed by atoms with Crippen molar-refractivity contribution in [2.24, 2.45) is 0 Å². The molecule has 4 nitrogen and oxygen atoms in total. The van der Waals surface area contributed by atoms with E-state index in [1.165, 1.54) is 6.42 Å². The van der Waals surface area contributed by atoms with E-state index in [-0.39, 0.29) is 5.75 Å². The SMILES string of the molecule is Oc1ccc2nc(C3CCCN3)cn2c1. The second-order valence-corrected chi connectivity index (χ2v) is 3.97. The number of nitrogens with zero attached hydrogens (tertiary/aromatic N) is 2. The average Bonchev–Trinajstić information content (AvgIpc) is 2.84. The molecular weight excluding hydrogens is 190 g/mol. The molecular formula is C11H13N3O. The van der Waals surface area contributed by atoms with Gasteiger partial charge < -0.3 is 14.8 Å². The molecule has 0 amide bonds. The van der Waals surface area contributed by atoms with Crippen molar-refractivity contribution in [3.63, 3.8) is 0 Å². The van der Waals surface area contributed by atoms with Crippen LogP contribution in [0.4, 0.5) is 0 Å². The molecule has 2 aromatic heterocycles. The Morgan fingerprint density at radius 3 is 3.13 bits per heavy atom. The molecule has 0 aliphatic carbocycles. The quantitative estimate of drug-likeness (QED) is 0.737. The number of imidazole rings is 1. The molecule has 1 saturated heterocycles. The van der Waals surface area contributed by atoms with Gasteiger partial charge in [0.15, 0.2) is 0 Å². The Labute approximate surface area is 87.6 Å². The first-order valence-corrected chi connectivity index (χ1v) is 5.24. The summed E-state index contributed by atoms with van der Waals surface area (Å²) in [6, 6.07) is 3.87. The number of nitrogens with one attached hydrogen (secondary N) is 1. The number of aromatic nitrogens is 2. The minimum Gasteiger partial charge on any atom is -0.506 e. The minimum atomic E-state index is 0.269. The van der Waals surface area contributed by atoms with E-state index in [0.29, 0.717) is 6.04 Å². The van der Waals surface area contributed by atoms with Crippen molar-refractivity contribution in [2.45, 2.75) is 18.9 Å². The van der Waals surface area contributed by atoms with Crippen LogP contribution in [0.2, 0.25) is 0 Å². The molecule has 0 saturated carbocycles. The molecule has 1 unspecified atom stereocenters. The first kappa shape index (κ1) is 8.73. The van der Waals surface area contributed by atoms with Gasteiger partial charge in [-0.15, -0.1) is 0 Å². The predicted molar refractivity (Wildman–Crippen MR) is 56.8 cm³/mol. The summed E-state index contributed by atoms with van der Waals surface area (Å²) < 4.78 is 1.87. The maximum atomic E-state index is 9.34. The smallest absolute Gasteiger partial charge is 0.137 e. The van der Waals surface area contributed by atoms with Gasteiger partial charge in [0, 0.05) is 6.20 Å². The van der Waals surface area contributed by atoms with Crippen molar-refractivity contribution in [1.29, 1.82) is 0 Å². The Hall–Kier alpha value is -1.55. The van der Waals surface area contributed by atoms with E-state index in [1.54, 1.807) is 12.3 Å². The second kappa shape index (κ2) is 3.24. The third kappa shape index (κ3) is 1.47. The first-order chi connectivity index (χ1) is 7.33. The van der Waals surface area contributed by atoms with Crippen molar-refractivity contribution in [2.75, 3.05) is 6.54 Å². The molecule has 1 atom stereocenters. The number of hydrogen-bond donors (Lipinski definition) is 2. The van der Waals surface area contributed by atoms with E-state index >= 15 is 0 Å². The summed E-state index contributed by atoms with van der Waals surface area (Å²) >= 11 is 0. The molecule has 1 fully saturated rings. The normalized spacial score (nSPS) is 21.2. The van der Waals surface area contributed by atoms with E-state index < -0.39 is 0 Å². The first-order valence-electron chi connectivity index (χ1n) is 5.24. The summed E-state index contributed by atoms with van der Waals surface area (Å²) in [5.74, 6) is 0.269. The molecule has 2 N–H and O–H groups in total. The van der Waals surface area contributed by atoms with Crippen LogP contribution < -0.4 is 5.32 Å². The third-order valence-corrected chi connectivity index (χ3v) is 2.87. The molecule has 2 aromatic rings. The monoisotopic (exact) mass is 203 g/mol. The molecule has 0 spiro atoms. The average molecular weight is 203 g/mol. The van der Waals surface area contributed by atoms with Gasteiger partial charge in [-0.25, -0.2) is 4.98 Å². The molecule has 3 rings (SSSR count). The van der Waals surface area contributed by atoms with E-state index in [0.717, 1.165) is 24.3 Å². The number of hydrogen-bond acceptors (Lipinski definition) is 3. The van der Waals surface area contributed by atoms with Gasteiger partial charge in [-0.1, -0.05) is 0 Å². The van der Waals surface area contributed by atoms with Crippen LogP contribution in [0.1, 0.15) is 24.6 Å². The van der Waals surface area contributed by atoms with E-state index in [2.05, 4.69) is 10.3 Å². The minimum absolute atomic E-state index is 0.269. The fourth-order valence-corrected chi connectivity index (χ4v) is 2.10. The summed E-state index contributed by atoms with van der Waals surface area (Å²) in [6.07, 6.45) is 6.03. The lowest BCUT2D eigenvalue weighted by Gasteiger charge is -2.04. The molecule has 15 heavy (non-hydrogen) atoms. The lowest BCUT2D eigenvalue weighted by atomic mass is 10.2. The number of fused-ring (bicyclic) bond motifs is 1. The van der Waals surface area contributed by atoms with Crippen molar-refractivity contribution in [3.05, 3.63) is 30.2 Å². The third-order valence-electron chi connectivity index (χ3n) is 2.87. The highest BCUT2D eigenvalue weighted by Gasteiger charge is 2.18. The van der Waals surface area contributed by atoms with Gasteiger partial charge >= 0.3 is 0 Å². The van der Waals surface area contributed by atoms with Gasteiger partial charge in [0.25, 0.3) is 0 Å². The summed E-state index contributed by atoms with van der Waals surface area (Å²) in [4.78, 5) is 4.53. The molecule has 78 valence electrons.